The number of aromatic carboxylic acids is 1. The molecule has 0 aliphatic carbocycles. The minimum Gasteiger partial charge on any atom is -0.478 e. The molecule has 1 saturated heterocycles. The monoisotopic (exact) mass is 254 g/mol. The van der Waals surface area contributed by atoms with Crippen LogP contribution in [0.5, 0.6) is 0 Å². The molecule has 1 aliphatic heterocycles. The maximum atomic E-state index is 13.0. The Morgan fingerprint density at radius 1 is 1.56 bits per heavy atom. The normalized spacial score (nSPS) is 16.6. The number of hydrogen-bond acceptors (Lipinski definition) is 4. The predicted molar refractivity (Wildman–Crippen MR) is 63.4 cm³/mol. The van der Waals surface area contributed by atoms with Crippen LogP contribution in [0.1, 0.15) is 23.2 Å². The van der Waals surface area contributed by atoms with Crippen molar-refractivity contribution in [2.75, 3.05) is 25.2 Å². The van der Waals surface area contributed by atoms with Crippen molar-refractivity contribution in [1.29, 1.82) is 0 Å². The van der Waals surface area contributed by atoms with Gasteiger partial charge in [-0.15, -0.1) is 0 Å². The molecule has 2 rings (SSSR count). The Balaban J connectivity index is 2.28. The van der Waals surface area contributed by atoms with Gasteiger partial charge in [0.1, 0.15) is 17.2 Å². The molecule has 1 aromatic rings. The first-order valence-corrected chi connectivity index (χ1v) is 5.79. The van der Waals surface area contributed by atoms with Crippen molar-refractivity contribution in [1.82, 2.24) is 4.98 Å². The number of nitrogens with zero attached hydrogens (tertiary/aromatic N) is 2. The highest BCUT2D eigenvalue weighted by molar-refractivity contribution is 5.93. The van der Waals surface area contributed by atoms with Crippen LogP contribution in [0.3, 0.4) is 0 Å². The molecule has 0 unspecified atom stereocenters. The number of ether oxygens (including phenoxy) is 1. The zero-order valence-corrected chi connectivity index (χ0v) is 10.1. The molecule has 0 saturated carbocycles. The van der Waals surface area contributed by atoms with Gasteiger partial charge in [0.05, 0.1) is 6.20 Å². The quantitative estimate of drug-likeness (QED) is 0.886. The number of halogens is 1. The van der Waals surface area contributed by atoms with E-state index in [4.69, 9.17) is 9.84 Å². The van der Waals surface area contributed by atoms with E-state index in [1.807, 2.05) is 0 Å². The second-order valence-electron chi connectivity index (χ2n) is 4.28. The molecule has 6 heteroatoms. The second-order valence-corrected chi connectivity index (χ2v) is 4.28. The Bertz CT molecular complexity index is 447. The number of aromatic nitrogens is 1. The molecule has 0 spiro atoms. The molecule has 0 radical (unpaired) electrons. The molecular weight excluding hydrogens is 239 g/mol. The summed E-state index contributed by atoms with van der Waals surface area (Å²) in [6.45, 7) is 1.30. The fourth-order valence-electron chi connectivity index (χ4n) is 2.12. The van der Waals surface area contributed by atoms with E-state index < -0.39 is 11.8 Å². The van der Waals surface area contributed by atoms with Gasteiger partial charge in [0.25, 0.3) is 0 Å². The molecule has 98 valence electrons. The van der Waals surface area contributed by atoms with Gasteiger partial charge in [-0.1, -0.05) is 0 Å². The summed E-state index contributed by atoms with van der Waals surface area (Å²) in [6.07, 6.45) is 2.67. The van der Waals surface area contributed by atoms with Gasteiger partial charge in [-0.25, -0.2) is 14.2 Å². The number of carbonyl (C=O) groups is 1. The van der Waals surface area contributed by atoms with Gasteiger partial charge < -0.3 is 14.7 Å². The fourth-order valence-corrected chi connectivity index (χ4v) is 2.12. The van der Waals surface area contributed by atoms with Crippen molar-refractivity contribution >= 4 is 11.8 Å². The van der Waals surface area contributed by atoms with E-state index in [0.29, 0.717) is 19.0 Å². The van der Waals surface area contributed by atoms with E-state index in [0.717, 1.165) is 25.1 Å². The molecule has 0 aromatic carbocycles. The SMILES string of the molecule is CN(c1ncc(F)cc1C(=O)O)C1CCOCC1. The zero-order valence-electron chi connectivity index (χ0n) is 10.1. The smallest absolute Gasteiger partial charge is 0.339 e. The summed E-state index contributed by atoms with van der Waals surface area (Å²) < 4.78 is 18.3. The van der Waals surface area contributed by atoms with Crippen molar-refractivity contribution in [3.8, 4) is 0 Å². The predicted octanol–water partition coefficient (Wildman–Crippen LogP) is 1.53. The van der Waals surface area contributed by atoms with Crippen LogP contribution in [0.15, 0.2) is 12.3 Å². The lowest BCUT2D eigenvalue weighted by atomic mass is 10.1. The van der Waals surface area contributed by atoms with Gasteiger partial charge in [-0.2, -0.15) is 0 Å². The minimum atomic E-state index is -1.17. The Labute approximate surface area is 104 Å². The number of hydrogen-bond donors (Lipinski definition) is 1. The lowest BCUT2D eigenvalue weighted by Gasteiger charge is -2.32. The first kappa shape index (κ1) is 12.8. The summed E-state index contributed by atoms with van der Waals surface area (Å²) in [5, 5.41) is 9.08. The van der Waals surface area contributed by atoms with E-state index in [-0.39, 0.29) is 11.6 Å². The van der Waals surface area contributed by atoms with Gasteiger partial charge in [0.15, 0.2) is 0 Å². The summed E-state index contributed by atoms with van der Waals surface area (Å²) in [5.74, 6) is -1.51. The number of rotatable bonds is 3. The Morgan fingerprint density at radius 3 is 2.83 bits per heavy atom. The zero-order chi connectivity index (χ0) is 13.1. The third-order valence-electron chi connectivity index (χ3n) is 3.14. The van der Waals surface area contributed by atoms with Crippen molar-refractivity contribution in [2.24, 2.45) is 0 Å². The topological polar surface area (TPSA) is 62.7 Å². The summed E-state index contributed by atoms with van der Waals surface area (Å²) in [5.41, 5.74) is -0.107. The van der Waals surface area contributed by atoms with Crippen LogP contribution in [0, 0.1) is 5.82 Å². The van der Waals surface area contributed by atoms with Crippen molar-refractivity contribution in [3.05, 3.63) is 23.6 Å². The van der Waals surface area contributed by atoms with Crippen molar-refractivity contribution in [2.45, 2.75) is 18.9 Å². The number of anilines is 1. The minimum absolute atomic E-state index is 0.107. The van der Waals surface area contributed by atoms with Crippen molar-refractivity contribution in [3.63, 3.8) is 0 Å². The number of carboxylic acid groups (broad SMARTS) is 1. The standard InChI is InChI=1S/C12H15FN2O3/c1-15(9-2-4-18-5-3-9)11-10(12(16)17)6-8(13)7-14-11/h6-7,9H,2-5H2,1H3,(H,16,17). The highest BCUT2D eigenvalue weighted by Crippen LogP contribution is 2.23. The average Bonchev–Trinajstić information content (AvgIpc) is 2.39. The molecule has 1 fully saturated rings. The Hall–Kier alpha value is -1.69. The maximum absolute atomic E-state index is 13.0. The highest BCUT2D eigenvalue weighted by atomic mass is 19.1. The molecule has 5 nitrogen and oxygen atoms in total. The summed E-state index contributed by atoms with van der Waals surface area (Å²) in [4.78, 5) is 16.8. The highest BCUT2D eigenvalue weighted by Gasteiger charge is 2.24. The van der Waals surface area contributed by atoms with E-state index >= 15 is 0 Å². The van der Waals surface area contributed by atoms with Gasteiger partial charge in [-0.05, 0) is 18.9 Å². The van der Waals surface area contributed by atoms with Gasteiger partial charge in [0, 0.05) is 26.3 Å². The molecule has 18 heavy (non-hydrogen) atoms. The van der Waals surface area contributed by atoms with Crippen LogP contribution < -0.4 is 4.90 Å². The average molecular weight is 254 g/mol. The molecule has 1 N–H and O–H groups in total. The third-order valence-corrected chi connectivity index (χ3v) is 3.14. The largest absolute Gasteiger partial charge is 0.478 e. The second kappa shape index (κ2) is 5.30. The maximum Gasteiger partial charge on any atom is 0.339 e. The van der Waals surface area contributed by atoms with Crippen LogP contribution in [0.2, 0.25) is 0 Å². The van der Waals surface area contributed by atoms with Crippen LogP contribution in [0.4, 0.5) is 10.2 Å². The van der Waals surface area contributed by atoms with E-state index in [1.165, 1.54) is 0 Å². The molecule has 0 bridgehead atoms. The lowest BCUT2D eigenvalue weighted by Crippen LogP contribution is -2.38. The van der Waals surface area contributed by atoms with Gasteiger partial charge in [-0.3, -0.25) is 0 Å². The van der Waals surface area contributed by atoms with E-state index in [1.54, 1.807) is 11.9 Å². The molecule has 2 heterocycles. The molecule has 0 atom stereocenters. The fraction of sp³-hybridized carbons (Fsp3) is 0.500. The molecule has 1 aliphatic rings. The van der Waals surface area contributed by atoms with Crippen LogP contribution in [-0.2, 0) is 4.74 Å². The number of carboxylic acids is 1. The van der Waals surface area contributed by atoms with Crippen molar-refractivity contribution < 1.29 is 19.0 Å². The van der Waals surface area contributed by atoms with Crippen LogP contribution in [-0.4, -0.2) is 42.4 Å². The lowest BCUT2D eigenvalue weighted by molar-refractivity contribution is 0.0695. The first-order chi connectivity index (χ1) is 8.59. The third kappa shape index (κ3) is 2.59. The summed E-state index contributed by atoms with van der Waals surface area (Å²) in [7, 11) is 1.78. The number of pyridine rings is 1. The molecule has 0 amide bonds. The first-order valence-electron chi connectivity index (χ1n) is 5.79. The summed E-state index contributed by atoms with van der Waals surface area (Å²) >= 11 is 0. The summed E-state index contributed by atoms with van der Waals surface area (Å²) in [6, 6.07) is 1.18. The van der Waals surface area contributed by atoms with E-state index in [2.05, 4.69) is 4.98 Å². The Kier molecular flexibility index (Phi) is 3.76. The van der Waals surface area contributed by atoms with Crippen LogP contribution in [0.25, 0.3) is 0 Å². The van der Waals surface area contributed by atoms with E-state index in [9.17, 15) is 9.18 Å². The van der Waals surface area contributed by atoms with Gasteiger partial charge in [0.2, 0.25) is 0 Å². The van der Waals surface area contributed by atoms with Crippen LogP contribution >= 0.6 is 0 Å². The Morgan fingerprint density at radius 2 is 2.22 bits per heavy atom. The van der Waals surface area contributed by atoms with Gasteiger partial charge >= 0.3 is 5.97 Å². The molecule has 1 aromatic heterocycles. The molecular formula is C12H15FN2O3.